The van der Waals surface area contributed by atoms with Crippen LogP contribution in [0.2, 0.25) is 4.94 Å². The van der Waals surface area contributed by atoms with Crippen LogP contribution in [0, 0.1) is 0 Å². The average molecular weight is 308 g/mol. The maximum absolute atomic E-state index is 4.61. The number of fused-ring (bicyclic) bond motifs is 1. The first kappa shape index (κ1) is 10.9. The molecule has 15 heavy (non-hydrogen) atoms. The molecule has 78 valence electrons. The molecule has 0 aliphatic heterocycles. The summed E-state index contributed by atoms with van der Waals surface area (Å²) in [6, 6.07) is 1.98. The molecule has 0 saturated carbocycles. The van der Waals surface area contributed by atoms with E-state index in [0.29, 0.717) is 0 Å². The molecule has 0 spiro atoms. The van der Waals surface area contributed by atoms with Crippen LogP contribution in [0.5, 0.6) is 0 Å². The topological polar surface area (TPSA) is 30.2 Å². The summed E-state index contributed by atoms with van der Waals surface area (Å²) in [7, 11) is 0. The molecule has 2 aromatic rings. The van der Waals surface area contributed by atoms with Gasteiger partial charge < -0.3 is 0 Å². The standard InChI is InChI=1S/C10H12N3.CH3.Sn/c1-2-3-5-9-8-12-10-11-6-4-7-13(9)10;;/h4,6-7H,2-3,5H2,1H3;1H3;. The van der Waals surface area contributed by atoms with Gasteiger partial charge in [0.25, 0.3) is 0 Å². The van der Waals surface area contributed by atoms with Crippen molar-refractivity contribution in [2.45, 2.75) is 31.1 Å². The van der Waals surface area contributed by atoms with Crippen molar-refractivity contribution in [3.63, 3.8) is 0 Å². The van der Waals surface area contributed by atoms with Crippen molar-refractivity contribution in [1.29, 1.82) is 0 Å². The van der Waals surface area contributed by atoms with E-state index in [1.54, 1.807) is 0 Å². The van der Waals surface area contributed by atoms with Gasteiger partial charge in [-0.1, -0.05) is 0 Å². The van der Waals surface area contributed by atoms with E-state index in [-0.39, 0.29) is 0 Å². The molecule has 4 heteroatoms. The van der Waals surface area contributed by atoms with E-state index in [0.717, 1.165) is 12.2 Å². The van der Waals surface area contributed by atoms with Gasteiger partial charge in [-0.05, 0) is 0 Å². The minimum absolute atomic E-state index is 0.462. The van der Waals surface area contributed by atoms with Gasteiger partial charge in [0.15, 0.2) is 0 Å². The number of imidazole rings is 1. The molecule has 0 bridgehead atoms. The van der Waals surface area contributed by atoms with Gasteiger partial charge in [0.2, 0.25) is 0 Å². The zero-order valence-electron chi connectivity index (χ0n) is 9.20. The van der Waals surface area contributed by atoms with Crippen molar-refractivity contribution >= 4 is 30.6 Å². The summed E-state index contributed by atoms with van der Waals surface area (Å²) in [6.07, 6.45) is 7.53. The fraction of sp³-hybridized carbons (Fsp3) is 0.455. The van der Waals surface area contributed by atoms with Crippen LogP contribution >= 0.6 is 0 Å². The number of rotatable bonds is 4. The van der Waals surface area contributed by atoms with Crippen LogP contribution in [0.4, 0.5) is 0 Å². The molecule has 0 amide bonds. The van der Waals surface area contributed by atoms with Gasteiger partial charge in [-0.25, -0.2) is 0 Å². The summed E-state index contributed by atoms with van der Waals surface area (Å²) in [6.45, 7) is 2.23. The van der Waals surface area contributed by atoms with Crippen molar-refractivity contribution < 1.29 is 0 Å². The molecule has 0 aliphatic rings. The SMILES string of the molecule is CCCCc1[c]([Sn][CH3])nc2ncccn12. The van der Waals surface area contributed by atoms with Gasteiger partial charge in [0.1, 0.15) is 0 Å². The van der Waals surface area contributed by atoms with Crippen LogP contribution in [0.15, 0.2) is 18.5 Å². The van der Waals surface area contributed by atoms with Gasteiger partial charge >= 0.3 is 100 Å². The second-order valence-electron chi connectivity index (χ2n) is 3.55. The monoisotopic (exact) mass is 309 g/mol. The Hall–Kier alpha value is -0.581. The Balaban J connectivity index is 2.47. The first-order valence-electron chi connectivity index (χ1n) is 5.36. The number of aromatic nitrogens is 3. The second-order valence-corrected chi connectivity index (χ2v) is 6.33. The molecule has 2 radical (unpaired) electrons. The fourth-order valence-corrected chi connectivity index (χ4v) is 3.85. The molecule has 0 aliphatic carbocycles. The molecule has 0 N–H and O–H groups in total. The van der Waals surface area contributed by atoms with Crippen molar-refractivity contribution in [3.05, 3.63) is 24.2 Å². The normalized spacial score (nSPS) is 11.1. The third kappa shape index (κ3) is 2.17. The molecule has 0 aromatic carbocycles. The number of aryl methyl sites for hydroxylation is 1. The summed E-state index contributed by atoms with van der Waals surface area (Å²) in [5.41, 5.74) is 1.41. The van der Waals surface area contributed by atoms with E-state index in [9.17, 15) is 0 Å². The zero-order valence-corrected chi connectivity index (χ0v) is 12.0. The summed E-state index contributed by atoms with van der Waals surface area (Å²) in [5.74, 6) is 0.876. The molecule has 0 saturated heterocycles. The molecule has 2 heterocycles. The Morgan fingerprint density at radius 1 is 1.47 bits per heavy atom. The number of nitrogens with zero attached hydrogens (tertiary/aromatic N) is 3. The van der Waals surface area contributed by atoms with Crippen molar-refractivity contribution in [2.24, 2.45) is 0 Å². The van der Waals surface area contributed by atoms with Crippen molar-refractivity contribution in [3.8, 4) is 0 Å². The minimum atomic E-state index is -0.462. The molecule has 3 nitrogen and oxygen atoms in total. The van der Waals surface area contributed by atoms with E-state index in [1.165, 1.54) is 22.2 Å². The number of hydrogen-bond acceptors (Lipinski definition) is 2. The predicted molar refractivity (Wildman–Crippen MR) is 62.9 cm³/mol. The number of unbranched alkanes of at least 4 members (excludes halogenated alkanes) is 1. The molecule has 2 rings (SSSR count). The van der Waals surface area contributed by atoms with Crippen molar-refractivity contribution in [1.82, 2.24) is 14.4 Å². The molecular formula is C11H15N3Sn. The van der Waals surface area contributed by atoms with Gasteiger partial charge in [-0.3, -0.25) is 0 Å². The van der Waals surface area contributed by atoms with E-state index >= 15 is 0 Å². The molecule has 0 fully saturated rings. The molecule has 0 unspecified atom stereocenters. The first-order valence-corrected chi connectivity index (χ1v) is 9.64. The Bertz CT molecular complexity index is 450. The molecule has 2 aromatic heterocycles. The Morgan fingerprint density at radius 3 is 3.07 bits per heavy atom. The van der Waals surface area contributed by atoms with Crippen LogP contribution in [-0.4, -0.2) is 35.5 Å². The van der Waals surface area contributed by atoms with E-state index < -0.39 is 21.1 Å². The van der Waals surface area contributed by atoms with Gasteiger partial charge in [0.05, 0.1) is 0 Å². The van der Waals surface area contributed by atoms with Crippen LogP contribution in [0.25, 0.3) is 5.78 Å². The summed E-state index contributed by atoms with van der Waals surface area (Å²) < 4.78 is 3.53. The van der Waals surface area contributed by atoms with Crippen LogP contribution in [-0.2, 0) is 6.42 Å². The summed E-state index contributed by atoms with van der Waals surface area (Å²) in [5, 5.41) is 0. The first-order chi connectivity index (χ1) is 7.36. The second kappa shape index (κ2) is 4.96. The summed E-state index contributed by atoms with van der Waals surface area (Å²) >= 11 is -0.462. The Kier molecular flexibility index (Phi) is 3.61. The van der Waals surface area contributed by atoms with Gasteiger partial charge in [-0.15, -0.1) is 0 Å². The molecular weight excluding hydrogens is 293 g/mol. The number of hydrogen-bond donors (Lipinski definition) is 0. The third-order valence-electron chi connectivity index (χ3n) is 2.51. The van der Waals surface area contributed by atoms with Crippen LogP contribution in [0.3, 0.4) is 0 Å². The van der Waals surface area contributed by atoms with E-state index in [2.05, 4.69) is 32.4 Å². The quantitative estimate of drug-likeness (QED) is 0.800. The molecule has 0 atom stereocenters. The van der Waals surface area contributed by atoms with Gasteiger partial charge in [-0.2, -0.15) is 0 Å². The van der Waals surface area contributed by atoms with Crippen LogP contribution < -0.4 is 3.71 Å². The Labute approximate surface area is 100 Å². The average Bonchev–Trinajstić information content (AvgIpc) is 2.64. The van der Waals surface area contributed by atoms with Crippen molar-refractivity contribution in [2.75, 3.05) is 0 Å². The third-order valence-corrected chi connectivity index (χ3v) is 5.00. The van der Waals surface area contributed by atoms with Crippen LogP contribution in [0.1, 0.15) is 25.5 Å². The Morgan fingerprint density at radius 2 is 2.33 bits per heavy atom. The van der Waals surface area contributed by atoms with E-state index in [1.807, 2.05) is 12.3 Å². The van der Waals surface area contributed by atoms with E-state index in [4.69, 9.17) is 0 Å². The fourth-order valence-electron chi connectivity index (χ4n) is 1.72. The maximum atomic E-state index is 4.61. The zero-order chi connectivity index (χ0) is 10.7. The predicted octanol–water partition coefficient (Wildman–Crippen LogP) is 1.45. The summed E-state index contributed by atoms with van der Waals surface area (Å²) in [4.78, 5) is 11.2. The van der Waals surface area contributed by atoms with Gasteiger partial charge in [0, 0.05) is 0 Å².